The minimum atomic E-state index is -0.170. The molecule has 0 saturated carbocycles. The highest BCUT2D eigenvalue weighted by atomic mass is 31.1. The monoisotopic (exact) mass is 139 g/mol. The van der Waals surface area contributed by atoms with E-state index in [9.17, 15) is 0 Å². The van der Waals surface area contributed by atoms with Crippen molar-refractivity contribution in [2.45, 2.75) is 6.92 Å². The topological polar surface area (TPSA) is 12.0 Å². The van der Waals surface area contributed by atoms with Crippen LogP contribution < -0.4 is 5.09 Å². The summed E-state index contributed by atoms with van der Waals surface area (Å²) in [5.41, 5.74) is 0. The van der Waals surface area contributed by atoms with Crippen LogP contribution in [0.3, 0.4) is 0 Å². The van der Waals surface area contributed by atoms with Crippen LogP contribution in [0, 0.1) is 0 Å². The van der Waals surface area contributed by atoms with E-state index in [-0.39, 0.29) is 8.07 Å². The quantitative estimate of drug-likeness (QED) is 0.550. The van der Waals surface area contributed by atoms with Crippen LogP contribution in [0.2, 0.25) is 0 Å². The van der Waals surface area contributed by atoms with Gasteiger partial charge in [-0.3, -0.25) is 0 Å². The van der Waals surface area contributed by atoms with Crippen molar-refractivity contribution in [2.24, 2.45) is 0 Å². The smallest absolute Gasteiger partial charge is 0.0363 e. The molecular weight excluding hydrogens is 129 g/mol. The number of hydrogen-bond donors (Lipinski definition) is 1. The van der Waals surface area contributed by atoms with Gasteiger partial charge in [0.05, 0.1) is 0 Å². The van der Waals surface area contributed by atoms with Gasteiger partial charge in [-0.1, -0.05) is 12.2 Å². The molecule has 0 aromatic rings. The Labute approximate surface area is 57.0 Å². The second-order valence-electron chi connectivity index (χ2n) is 1.72. The minimum Gasteiger partial charge on any atom is -0.364 e. The maximum atomic E-state index is 3.23. The summed E-state index contributed by atoms with van der Waals surface area (Å²) in [7, 11) is -0.170. The van der Waals surface area contributed by atoms with Gasteiger partial charge in [0, 0.05) is 14.3 Å². The van der Waals surface area contributed by atoms with Crippen molar-refractivity contribution < 1.29 is 0 Å². The largest absolute Gasteiger partial charge is 0.364 e. The predicted octanol–water partition coefficient (Wildman–Crippen LogP) is 2.55. The van der Waals surface area contributed by atoms with Gasteiger partial charge in [0.15, 0.2) is 0 Å². The third-order valence-electron chi connectivity index (χ3n) is 0.987. The fourth-order valence-electron chi connectivity index (χ4n) is 0.623. The van der Waals surface area contributed by atoms with E-state index >= 15 is 0 Å². The Hall–Kier alpha value is -0.550. The van der Waals surface area contributed by atoms with E-state index in [1.807, 2.05) is 19.2 Å². The van der Waals surface area contributed by atoms with Crippen LogP contribution in [0.15, 0.2) is 36.1 Å². The van der Waals surface area contributed by atoms with E-state index in [1.165, 1.54) is 0 Å². The van der Waals surface area contributed by atoms with Gasteiger partial charge < -0.3 is 5.09 Å². The van der Waals surface area contributed by atoms with Crippen LogP contribution >= 0.6 is 8.07 Å². The molecule has 9 heavy (non-hydrogen) atoms. The molecule has 0 saturated heterocycles. The standard InChI is InChI=1S/C7H10NP/c1-2-6-9-7-4-3-5-8-9/h2-8H,1H3/b6-2-. The second-order valence-corrected chi connectivity index (χ2v) is 3.39. The van der Waals surface area contributed by atoms with Crippen molar-refractivity contribution >= 4 is 8.07 Å². The molecular formula is C7H10NP. The number of nitrogens with one attached hydrogen (secondary N) is 1. The molecule has 1 unspecified atom stereocenters. The normalized spacial score (nSPS) is 24.8. The highest BCUT2D eigenvalue weighted by Crippen LogP contribution is 2.35. The average Bonchev–Trinajstić information content (AvgIpc) is 1.91. The van der Waals surface area contributed by atoms with Gasteiger partial charge >= 0.3 is 0 Å². The summed E-state index contributed by atoms with van der Waals surface area (Å²) in [6.07, 6.45) is 8.12. The summed E-state index contributed by atoms with van der Waals surface area (Å²) >= 11 is 0. The van der Waals surface area contributed by atoms with Crippen molar-refractivity contribution in [1.82, 2.24) is 5.09 Å². The average molecular weight is 139 g/mol. The van der Waals surface area contributed by atoms with Crippen LogP contribution in [0.25, 0.3) is 0 Å². The maximum Gasteiger partial charge on any atom is 0.0363 e. The number of rotatable bonds is 1. The number of hydrogen-bond acceptors (Lipinski definition) is 1. The van der Waals surface area contributed by atoms with E-state index in [1.54, 1.807) is 0 Å². The van der Waals surface area contributed by atoms with E-state index < -0.39 is 0 Å². The zero-order chi connectivity index (χ0) is 6.53. The van der Waals surface area contributed by atoms with Crippen LogP contribution in [-0.4, -0.2) is 0 Å². The molecule has 1 nitrogen and oxygen atoms in total. The molecule has 1 atom stereocenters. The highest BCUT2D eigenvalue weighted by Gasteiger charge is 1.94. The van der Waals surface area contributed by atoms with Crippen LogP contribution in [-0.2, 0) is 0 Å². The van der Waals surface area contributed by atoms with Crippen molar-refractivity contribution in [3.63, 3.8) is 0 Å². The first-order chi connectivity index (χ1) is 4.43. The molecule has 1 rings (SSSR count). The molecule has 0 bridgehead atoms. The van der Waals surface area contributed by atoms with Gasteiger partial charge in [-0.25, -0.2) is 0 Å². The fourth-order valence-corrected chi connectivity index (χ4v) is 1.76. The first kappa shape index (κ1) is 6.57. The van der Waals surface area contributed by atoms with Gasteiger partial charge in [0.2, 0.25) is 0 Å². The zero-order valence-electron chi connectivity index (χ0n) is 5.41. The summed E-state index contributed by atoms with van der Waals surface area (Å²) in [5.74, 6) is 4.35. The summed E-state index contributed by atoms with van der Waals surface area (Å²) in [6, 6.07) is 0. The Morgan fingerprint density at radius 2 is 2.33 bits per heavy atom. The molecule has 1 aliphatic rings. The lowest BCUT2D eigenvalue weighted by atomic mass is 10.6. The van der Waals surface area contributed by atoms with E-state index in [4.69, 9.17) is 0 Å². The Kier molecular flexibility index (Phi) is 2.53. The van der Waals surface area contributed by atoms with Gasteiger partial charge in [-0.05, 0) is 24.6 Å². The molecule has 0 fully saturated rings. The molecule has 0 radical (unpaired) electrons. The summed E-state index contributed by atoms with van der Waals surface area (Å²) in [4.78, 5) is 0. The SMILES string of the molecule is C/C=C\P1C=CC=CN1. The lowest BCUT2D eigenvalue weighted by Crippen LogP contribution is -1.93. The molecule has 1 heterocycles. The zero-order valence-corrected chi connectivity index (χ0v) is 6.31. The van der Waals surface area contributed by atoms with Crippen LogP contribution in [0.5, 0.6) is 0 Å². The molecule has 2 heteroatoms. The van der Waals surface area contributed by atoms with Gasteiger partial charge in [-0.2, -0.15) is 0 Å². The Balaban J connectivity index is 2.46. The van der Waals surface area contributed by atoms with E-state index in [0.29, 0.717) is 0 Å². The molecule has 1 aliphatic heterocycles. The van der Waals surface area contributed by atoms with Crippen LogP contribution in [0.1, 0.15) is 6.92 Å². The van der Waals surface area contributed by atoms with Gasteiger partial charge in [0.1, 0.15) is 0 Å². The molecule has 0 aromatic carbocycles. The fraction of sp³-hybridized carbons (Fsp3) is 0.143. The molecule has 0 amide bonds. The molecule has 48 valence electrons. The first-order valence-electron chi connectivity index (χ1n) is 2.94. The van der Waals surface area contributed by atoms with E-state index in [0.717, 1.165) is 0 Å². The molecule has 0 spiro atoms. The summed E-state index contributed by atoms with van der Waals surface area (Å²) in [6.45, 7) is 2.04. The Morgan fingerprint density at radius 3 is 2.89 bits per heavy atom. The summed E-state index contributed by atoms with van der Waals surface area (Å²) < 4.78 is 0. The third-order valence-corrected chi connectivity index (χ3v) is 2.55. The third kappa shape index (κ3) is 2.03. The van der Waals surface area contributed by atoms with Crippen molar-refractivity contribution in [1.29, 1.82) is 0 Å². The van der Waals surface area contributed by atoms with Crippen LogP contribution in [0.4, 0.5) is 0 Å². The summed E-state index contributed by atoms with van der Waals surface area (Å²) in [5, 5.41) is 3.23. The molecule has 1 N–H and O–H groups in total. The number of allylic oxidation sites excluding steroid dienone is 3. The van der Waals surface area contributed by atoms with Gasteiger partial charge in [0.25, 0.3) is 0 Å². The lowest BCUT2D eigenvalue weighted by molar-refractivity contribution is 1.38. The van der Waals surface area contributed by atoms with Crippen molar-refractivity contribution in [3.8, 4) is 0 Å². The highest BCUT2D eigenvalue weighted by molar-refractivity contribution is 7.62. The van der Waals surface area contributed by atoms with Gasteiger partial charge in [-0.15, -0.1) is 0 Å². The predicted molar refractivity (Wildman–Crippen MR) is 43.1 cm³/mol. The Morgan fingerprint density at radius 1 is 1.44 bits per heavy atom. The van der Waals surface area contributed by atoms with Crippen molar-refractivity contribution in [2.75, 3.05) is 0 Å². The molecule has 0 aromatic heterocycles. The van der Waals surface area contributed by atoms with Crippen molar-refractivity contribution in [3.05, 3.63) is 36.1 Å². The Bertz CT molecular complexity index is 158. The molecule has 0 aliphatic carbocycles. The maximum absolute atomic E-state index is 3.23. The lowest BCUT2D eigenvalue weighted by Gasteiger charge is -2.09. The minimum absolute atomic E-state index is 0.170. The van der Waals surface area contributed by atoms with E-state index in [2.05, 4.69) is 28.9 Å². The first-order valence-corrected chi connectivity index (χ1v) is 4.42. The second kappa shape index (κ2) is 3.47.